The fourth-order valence-corrected chi connectivity index (χ4v) is 2.59. The van der Waals surface area contributed by atoms with Crippen LogP contribution in [0.15, 0.2) is 47.8 Å². The predicted molar refractivity (Wildman–Crippen MR) is 82.8 cm³/mol. The second-order valence-electron chi connectivity index (χ2n) is 4.40. The first kappa shape index (κ1) is 12.7. The van der Waals surface area contributed by atoms with Gasteiger partial charge in [-0.05, 0) is 23.6 Å². The largest absolute Gasteiger partial charge is 0.424 e. The lowest BCUT2D eigenvalue weighted by molar-refractivity contribution is 0.441. The molecule has 0 saturated carbocycles. The molecule has 1 aromatic carbocycles. The first-order valence-corrected chi connectivity index (χ1v) is 7.34. The molecule has 0 aliphatic carbocycles. The Morgan fingerprint density at radius 2 is 1.86 bits per heavy atom. The summed E-state index contributed by atoms with van der Waals surface area (Å²) < 4.78 is 6.98. The number of ether oxygens (including phenoxy) is 1. The number of thiophene rings is 1. The average molecular weight is 310 g/mol. The highest BCUT2D eigenvalue weighted by molar-refractivity contribution is 7.13. The van der Waals surface area contributed by atoms with Crippen molar-refractivity contribution >= 4 is 23.1 Å². The monoisotopic (exact) mass is 310 g/mol. The topological polar surface area (TPSA) is 91.2 Å². The third kappa shape index (κ3) is 2.25. The number of rotatable bonds is 3. The lowest BCUT2D eigenvalue weighted by Crippen LogP contribution is -2.05. The van der Waals surface area contributed by atoms with Gasteiger partial charge >= 0.3 is 6.01 Å². The molecule has 4 aromatic rings. The van der Waals surface area contributed by atoms with Crippen LogP contribution in [0, 0.1) is 0 Å². The Labute approximate surface area is 129 Å². The molecule has 0 radical (unpaired) electrons. The third-order valence-electron chi connectivity index (χ3n) is 2.91. The van der Waals surface area contributed by atoms with E-state index in [0.717, 1.165) is 4.88 Å². The van der Waals surface area contributed by atoms with Crippen LogP contribution in [-0.4, -0.2) is 24.6 Å². The van der Waals surface area contributed by atoms with Crippen LogP contribution in [0.25, 0.3) is 16.5 Å². The molecule has 7 nitrogen and oxygen atoms in total. The summed E-state index contributed by atoms with van der Waals surface area (Å²) in [6, 6.07) is 13.3. The number of aromatic nitrogens is 5. The molecular formula is C14H10N6OS. The van der Waals surface area contributed by atoms with Crippen LogP contribution in [0.1, 0.15) is 0 Å². The van der Waals surface area contributed by atoms with Gasteiger partial charge in [-0.1, -0.05) is 24.3 Å². The number of nitrogen functional groups attached to an aromatic ring is 1. The summed E-state index contributed by atoms with van der Waals surface area (Å²) in [4.78, 5) is 13.7. The van der Waals surface area contributed by atoms with Gasteiger partial charge in [-0.2, -0.15) is 19.5 Å². The van der Waals surface area contributed by atoms with E-state index in [9.17, 15) is 0 Å². The Balaban J connectivity index is 1.76. The molecule has 3 heterocycles. The number of anilines is 1. The minimum atomic E-state index is 0.140. The Morgan fingerprint density at radius 1 is 1.00 bits per heavy atom. The first-order valence-electron chi connectivity index (χ1n) is 6.47. The van der Waals surface area contributed by atoms with Crippen molar-refractivity contribution in [3.8, 4) is 22.5 Å². The summed E-state index contributed by atoms with van der Waals surface area (Å²) in [5.41, 5.74) is 5.91. The van der Waals surface area contributed by atoms with Gasteiger partial charge in [0, 0.05) is 0 Å². The SMILES string of the molecule is Nc1nc(Oc2ccccc2)nc2nc(-c3cccs3)nn12. The van der Waals surface area contributed by atoms with E-state index in [1.807, 2.05) is 47.8 Å². The zero-order chi connectivity index (χ0) is 14.9. The van der Waals surface area contributed by atoms with Gasteiger partial charge in [-0.15, -0.1) is 16.4 Å². The fraction of sp³-hybridized carbons (Fsp3) is 0. The minimum Gasteiger partial charge on any atom is -0.424 e. The van der Waals surface area contributed by atoms with Crippen LogP contribution < -0.4 is 10.5 Å². The predicted octanol–water partition coefficient (Wildman–Crippen LogP) is 2.62. The highest BCUT2D eigenvalue weighted by atomic mass is 32.1. The Morgan fingerprint density at radius 3 is 2.64 bits per heavy atom. The molecule has 0 unspecified atom stereocenters. The number of nitrogens with zero attached hydrogens (tertiary/aromatic N) is 5. The number of para-hydroxylation sites is 1. The molecule has 4 rings (SSSR count). The highest BCUT2D eigenvalue weighted by Gasteiger charge is 2.13. The van der Waals surface area contributed by atoms with Crippen LogP contribution in [-0.2, 0) is 0 Å². The summed E-state index contributed by atoms with van der Waals surface area (Å²) in [6.07, 6.45) is 0. The second kappa shape index (κ2) is 5.08. The number of nitrogens with two attached hydrogens (primary N) is 1. The average Bonchev–Trinajstić information content (AvgIpc) is 3.17. The van der Waals surface area contributed by atoms with Crippen LogP contribution in [0.5, 0.6) is 11.8 Å². The minimum absolute atomic E-state index is 0.140. The van der Waals surface area contributed by atoms with Crippen molar-refractivity contribution in [2.45, 2.75) is 0 Å². The van der Waals surface area contributed by atoms with E-state index < -0.39 is 0 Å². The van der Waals surface area contributed by atoms with Crippen LogP contribution in [0.4, 0.5) is 5.95 Å². The molecule has 0 amide bonds. The van der Waals surface area contributed by atoms with E-state index in [4.69, 9.17) is 10.5 Å². The Bertz CT molecular complexity index is 919. The second-order valence-corrected chi connectivity index (χ2v) is 5.35. The zero-order valence-electron chi connectivity index (χ0n) is 11.2. The summed E-state index contributed by atoms with van der Waals surface area (Å²) in [6.45, 7) is 0. The number of hydrogen-bond acceptors (Lipinski definition) is 7. The molecule has 0 saturated heterocycles. The van der Waals surface area contributed by atoms with Crippen molar-refractivity contribution in [3.05, 3.63) is 47.8 Å². The summed E-state index contributed by atoms with van der Waals surface area (Å²) in [7, 11) is 0. The molecule has 0 atom stereocenters. The molecule has 0 bridgehead atoms. The van der Waals surface area contributed by atoms with E-state index in [1.165, 1.54) is 4.52 Å². The van der Waals surface area contributed by atoms with Crippen molar-refractivity contribution in [3.63, 3.8) is 0 Å². The van der Waals surface area contributed by atoms with Gasteiger partial charge in [0.2, 0.25) is 5.95 Å². The number of benzene rings is 1. The molecule has 108 valence electrons. The highest BCUT2D eigenvalue weighted by Crippen LogP contribution is 2.23. The van der Waals surface area contributed by atoms with Gasteiger partial charge in [-0.3, -0.25) is 0 Å². The van der Waals surface area contributed by atoms with Gasteiger partial charge in [0.05, 0.1) is 4.88 Å². The van der Waals surface area contributed by atoms with Gasteiger partial charge in [-0.25, -0.2) is 0 Å². The van der Waals surface area contributed by atoms with Crippen LogP contribution >= 0.6 is 11.3 Å². The molecule has 0 spiro atoms. The molecule has 8 heteroatoms. The fourth-order valence-electron chi connectivity index (χ4n) is 1.94. The summed E-state index contributed by atoms with van der Waals surface area (Å²) in [5, 5.41) is 6.27. The normalized spacial score (nSPS) is 10.9. The molecule has 0 aliphatic rings. The van der Waals surface area contributed by atoms with Crippen molar-refractivity contribution in [2.24, 2.45) is 0 Å². The van der Waals surface area contributed by atoms with E-state index in [0.29, 0.717) is 17.4 Å². The van der Waals surface area contributed by atoms with Crippen LogP contribution in [0.3, 0.4) is 0 Å². The van der Waals surface area contributed by atoms with Gasteiger partial charge in [0.25, 0.3) is 5.78 Å². The van der Waals surface area contributed by atoms with Crippen LogP contribution in [0.2, 0.25) is 0 Å². The van der Waals surface area contributed by atoms with E-state index >= 15 is 0 Å². The quantitative estimate of drug-likeness (QED) is 0.625. The van der Waals surface area contributed by atoms with E-state index in [2.05, 4.69) is 20.1 Å². The maximum atomic E-state index is 5.91. The van der Waals surface area contributed by atoms with Gasteiger partial charge < -0.3 is 10.5 Å². The lowest BCUT2D eigenvalue weighted by atomic mass is 10.3. The van der Waals surface area contributed by atoms with E-state index in [1.54, 1.807) is 11.3 Å². The summed E-state index contributed by atoms with van der Waals surface area (Å²) >= 11 is 1.55. The molecular weight excluding hydrogens is 300 g/mol. The lowest BCUT2D eigenvalue weighted by Gasteiger charge is -2.03. The molecule has 0 fully saturated rings. The first-order chi connectivity index (χ1) is 10.8. The van der Waals surface area contributed by atoms with E-state index in [-0.39, 0.29) is 12.0 Å². The Hall–Kier alpha value is -3.00. The van der Waals surface area contributed by atoms with Gasteiger partial charge in [0.15, 0.2) is 5.82 Å². The number of fused-ring (bicyclic) bond motifs is 1. The van der Waals surface area contributed by atoms with Gasteiger partial charge in [0.1, 0.15) is 5.75 Å². The smallest absolute Gasteiger partial charge is 0.328 e. The summed E-state index contributed by atoms with van der Waals surface area (Å²) in [5.74, 6) is 1.71. The molecule has 22 heavy (non-hydrogen) atoms. The molecule has 0 aliphatic heterocycles. The van der Waals surface area contributed by atoms with Crippen molar-refractivity contribution in [1.82, 2.24) is 24.6 Å². The van der Waals surface area contributed by atoms with Crippen molar-refractivity contribution in [2.75, 3.05) is 5.73 Å². The molecule has 3 aromatic heterocycles. The third-order valence-corrected chi connectivity index (χ3v) is 3.77. The van der Waals surface area contributed by atoms with Crippen molar-refractivity contribution in [1.29, 1.82) is 0 Å². The standard InChI is InChI=1S/C14H10N6OS/c15-12-17-14(21-9-5-2-1-3-6-9)18-13-16-11(19-20(12)13)10-7-4-8-22-10/h1-8H,(H2,15,16,17,18,19). The number of hydrogen-bond donors (Lipinski definition) is 1. The zero-order valence-corrected chi connectivity index (χ0v) is 12.1. The van der Waals surface area contributed by atoms with Crippen molar-refractivity contribution < 1.29 is 4.74 Å². The Kier molecular flexibility index (Phi) is 2.94. The maximum Gasteiger partial charge on any atom is 0.328 e. The maximum absolute atomic E-state index is 5.91. The molecule has 2 N–H and O–H groups in total.